The molecule has 0 fully saturated rings. The van der Waals surface area contributed by atoms with Gasteiger partial charge in [-0.15, -0.1) is 0 Å². The first kappa shape index (κ1) is 12.7. The van der Waals surface area contributed by atoms with Gasteiger partial charge in [-0.05, 0) is 31.2 Å². The second kappa shape index (κ2) is 4.64. The largest absolute Gasteiger partial charge is 0.305 e. The average Bonchev–Trinajstić information content (AvgIpc) is 2.86. The molecule has 2 heterocycles. The Labute approximate surface area is 117 Å². The van der Waals surface area contributed by atoms with Crippen LogP contribution in [0.4, 0.5) is 5.69 Å². The van der Waals surface area contributed by atoms with Crippen molar-refractivity contribution in [2.75, 3.05) is 4.72 Å². The van der Waals surface area contributed by atoms with E-state index in [1.54, 1.807) is 59.4 Å². The second-order valence-corrected chi connectivity index (χ2v) is 6.21. The van der Waals surface area contributed by atoms with Crippen molar-refractivity contribution >= 4 is 21.4 Å². The normalized spacial score (nSPS) is 11.7. The molecule has 0 unspecified atom stereocenters. The smallest absolute Gasteiger partial charge is 0.261 e. The van der Waals surface area contributed by atoms with E-state index in [4.69, 9.17) is 0 Å². The monoisotopic (exact) mass is 287 g/mol. The van der Waals surface area contributed by atoms with E-state index in [2.05, 4.69) is 9.71 Å². The first-order valence-corrected chi connectivity index (χ1v) is 7.55. The molecule has 0 aliphatic carbocycles. The number of hydrogen-bond donors (Lipinski definition) is 1. The third-order valence-electron chi connectivity index (χ3n) is 2.97. The van der Waals surface area contributed by atoms with Crippen LogP contribution in [0.25, 0.3) is 5.65 Å². The Bertz CT molecular complexity index is 852. The van der Waals surface area contributed by atoms with E-state index in [1.807, 2.05) is 6.92 Å². The lowest BCUT2D eigenvalue weighted by Gasteiger charge is -2.08. The first-order chi connectivity index (χ1) is 9.54. The molecule has 3 aromatic rings. The quantitative estimate of drug-likeness (QED) is 0.804. The van der Waals surface area contributed by atoms with E-state index in [1.165, 1.54) is 0 Å². The number of pyridine rings is 1. The van der Waals surface area contributed by atoms with E-state index in [9.17, 15) is 8.42 Å². The van der Waals surface area contributed by atoms with Crippen LogP contribution in [-0.4, -0.2) is 17.8 Å². The summed E-state index contributed by atoms with van der Waals surface area (Å²) in [5.41, 5.74) is 2.28. The SMILES string of the molecule is Cc1ccc(S(=O)(=O)Nc2ccc3nccn3c2)cc1. The molecule has 0 aliphatic heterocycles. The predicted octanol–water partition coefficient (Wildman–Crippen LogP) is 2.44. The van der Waals surface area contributed by atoms with Gasteiger partial charge in [-0.25, -0.2) is 13.4 Å². The molecule has 0 bridgehead atoms. The molecule has 102 valence electrons. The highest BCUT2D eigenvalue weighted by atomic mass is 32.2. The van der Waals surface area contributed by atoms with Crippen LogP contribution in [0.15, 0.2) is 59.9 Å². The van der Waals surface area contributed by atoms with Crippen molar-refractivity contribution in [2.45, 2.75) is 11.8 Å². The summed E-state index contributed by atoms with van der Waals surface area (Å²) in [6.07, 6.45) is 5.11. The second-order valence-electron chi connectivity index (χ2n) is 4.53. The summed E-state index contributed by atoms with van der Waals surface area (Å²) in [7, 11) is -3.57. The van der Waals surface area contributed by atoms with Crippen LogP contribution in [0.2, 0.25) is 0 Å². The summed E-state index contributed by atoms with van der Waals surface area (Å²) in [5.74, 6) is 0. The fourth-order valence-corrected chi connectivity index (χ4v) is 2.96. The number of aromatic nitrogens is 2. The minimum atomic E-state index is -3.57. The van der Waals surface area contributed by atoms with Crippen molar-refractivity contribution in [3.63, 3.8) is 0 Å². The van der Waals surface area contributed by atoms with Gasteiger partial charge in [-0.3, -0.25) is 4.72 Å². The van der Waals surface area contributed by atoms with Gasteiger partial charge in [0.25, 0.3) is 10.0 Å². The highest BCUT2D eigenvalue weighted by molar-refractivity contribution is 7.92. The third kappa shape index (κ3) is 2.37. The fraction of sp³-hybridized carbons (Fsp3) is 0.0714. The number of aryl methyl sites for hydroxylation is 1. The topological polar surface area (TPSA) is 63.5 Å². The zero-order valence-corrected chi connectivity index (χ0v) is 11.6. The highest BCUT2D eigenvalue weighted by Crippen LogP contribution is 2.17. The number of sulfonamides is 1. The summed E-state index contributed by atoms with van der Waals surface area (Å²) in [6.45, 7) is 1.91. The number of hydrogen-bond acceptors (Lipinski definition) is 3. The molecule has 0 radical (unpaired) electrons. The highest BCUT2D eigenvalue weighted by Gasteiger charge is 2.13. The van der Waals surface area contributed by atoms with Crippen molar-refractivity contribution < 1.29 is 8.42 Å². The van der Waals surface area contributed by atoms with Crippen LogP contribution in [0.3, 0.4) is 0 Å². The van der Waals surface area contributed by atoms with Crippen LogP contribution in [0, 0.1) is 6.92 Å². The molecule has 5 nitrogen and oxygen atoms in total. The Kier molecular flexibility index (Phi) is 2.94. The maximum atomic E-state index is 12.3. The summed E-state index contributed by atoms with van der Waals surface area (Å²) < 4.78 is 28.8. The Hall–Kier alpha value is -2.34. The number of nitrogens with zero attached hydrogens (tertiary/aromatic N) is 2. The molecule has 0 saturated carbocycles. The Morgan fingerprint density at radius 3 is 2.60 bits per heavy atom. The summed E-state index contributed by atoms with van der Waals surface area (Å²) in [5, 5.41) is 0. The zero-order chi connectivity index (χ0) is 14.2. The molecule has 0 atom stereocenters. The van der Waals surface area contributed by atoms with Gasteiger partial charge in [-0.1, -0.05) is 17.7 Å². The number of rotatable bonds is 3. The lowest BCUT2D eigenvalue weighted by atomic mass is 10.2. The molecule has 20 heavy (non-hydrogen) atoms. The summed E-state index contributed by atoms with van der Waals surface area (Å²) in [4.78, 5) is 4.35. The van der Waals surface area contributed by atoms with Crippen LogP contribution >= 0.6 is 0 Å². The lowest BCUT2D eigenvalue weighted by Crippen LogP contribution is -2.13. The molecule has 0 aliphatic rings. The maximum absolute atomic E-state index is 12.3. The van der Waals surface area contributed by atoms with Crippen molar-refractivity contribution in [2.24, 2.45) is 0 Å². The number of fused-ring (bicyclic) bond motifs is 1. The first-order valence-electron chi connectivity index (χ1n) is 6.07. The standard InChI is InChI=1S/C14H13N3O2S/c1-11-2-5-13(6-3-11)20(18,19)16-12-4-7-14-15-8-9-17(14)10-12/h2-10,16H,1H3. The third-order valence-corrected chi connectivity index (χ3v) is 4.37. The van der Waals surface area contributed by atoms with Crippen molar-refractivity contribution in [1.29, 1.82) is 0 Å². The van der Waals surface area contributed by atoms with E-state index in [-0.39, 0.29) is 4.90 Å². The van der Waals surface area contributed by atoms with Gasteiger partial charge in [0.15, 0.2) is 0 Å². The summed E-state index contributed by atoms with van der Waals surface area (Å²) >= 11 is 0. The molecular weight excluding hydrogens is 274 g/mol. The van der Waals surface area contributed by atoms with Gasteiger partial charge in [0, 0.05) is 18.6 Å². The van der Waals surface area contributed by atoms with E-state index >= 15 is 0 Å². The number of anilines is 1. The van der Waals surface area contributed by atoms with Gasteiger partial charge in [0.05, 0.1) is 10.6 Å². The molecule has 0 spiro atoms. The van der Waals surface area contributed by atoms with E-state index in [0.29, 0.717) is 5.69 Å². The number of nitrogens with one attached hydrogen (secondary N) is 1. The zero-order valence-electron chi connectivity index (χ0n) is 10.8. The number of imidazole rings is 1. The molecule has 1 aromatic carbocycles. The Morgan fingerprint density at radius 2 is 1.85 bits per heavy atom. The molecule has 2 aromatic heterocycles. The van der Waals surface area contributed by atoms with Crippen molar-refractivity contribution in [1.82, 2.24) is 9.38 Å². The minimum absolute atomic E-state index is 0.244. The van der Waals surface area contributed by atoms with Crippen LogP contribution in [-0.2, 0) is 10.0 Å². The van der Waals surface area contributed by atoms with E-state index in [0.717, 1.165) is 11.2 Å². The van der Waals surface area contributed by atoms with Crippen LogP contribution in [0.1, 0.15) is 5.56 Å². The molecule has 0 amide bonds. The van der Waals surface area contributed by atoms with Crippen molar-refractivity contribution in [3.8, 4) is 0 Å². The van der Waals surface area contributed by atoms with Crippen LogP contribution < -0.4 is 4.72 Å². The molecule has 0 saturated heterocycles. The van der Waals surface area contributed by atoms with E-state index < -0.39 is 10.0 Å². The maximum Gasteiger partial charge on any atom is 0.261 e. The Morgan fingerprint density at radius 1 is 1.10 bits per heavy atom. The fourth-order valence-electron chi connectivity index (χ4n) is 1.91. The predicted molar refractivity (Wildman–Crippen MR) is 77.2 cm³/mol. The Balaban J connectivity index is 1.94. The summed E-state index contributed by atoms with van der Waals surface area (Å²) in [6, 6.07) is 10.2. The average molecular weight is 287 g/mol. The molecule has 1 N–H and O–H groups in total. The molecule has 3 rings (SSSR count). The van der Waals surface area contributed by atoms with Gasteiger partial charge in [-0.2, -0.15) is 0 Å². The molecular formula is C14H13N3O2S. The van der Waals surface area contributed by atoms with Crippen LogP contribution in [0.5, 0.6) is 0 Å². The van der Waals surface area contributed by atoms with Gasteiger partial charge >= 0.3 is 0 Å². The van der Waals surface area contributed by atoms with Gasteiger partial charge < -0.3 is 4.40 Å². The molecule has 6 heteroatoms. The van der Waals surface area contributed by atoms with Gasteiger partial charge in [0.2, 0.25) is 0 Å². The minimum Gasteiger partial charge on any atom is -0.305 e. The number of benzene rings is 1. The lowest BCUT2D eigenvalue weighted by molar-refractivity contribution is 0.601. The van der Waals surface area contributed by atoms with Crippen molar-refractivity contribution in [3.05, 3.63) is 60.6 Å². The van der Waals surface area contributed by atoms with Gasteiger partial charge in [0.1, 0.15) is 5.65 Å².